The van der Waals surface area contributed by atoms with Gasteiger partial charge in [-0.2, -0.15) is 0 Å². The van der Waals surface area contributed by atoms with Gasteiger partial charge in [0.05, 0.1) is 11.0 Å². The van der Waals surface area contributed by atoms with Crippen LogP contribution in [0.2, 0.25) is 0 Å². The number of para-hydroxylation sites is 2. The van der Waals surface area contributed by atoms with Crippen molar-refractivity contribution in [2.75, 3.05) is 0 Å². The summed E-state index contributed by atoms with van der Waals surface area (Å²) in [6.07, 6.45) is 1.69. The smallest absolute Gasteiger partial charge is 0.317 e. The van der Waals surface area contributed by atoms with Crippen molar-refractivity contribution in [2.24, 2.45) is 0 Å². The third kappa shape index (κ3) is 4.11. The third-order valence-electron chi connectivity index (χ3n) is 4.58. The number of hydrogen-bond acceptors (Lipinski definition) is 3. The highest BCUT2D eigenvalue weighted by Gasteiger charge is 2.13. The van der Waals surface area contributed by atoms with E-state index in [1.54, 1.807) is 24.3 Å². The number of carbonyl (C=O) groups excluding carboxylic acids is 1. The Morgan fingerprint density at radius 1 is 1.04 bits per heavy atom. The number of fused-ring (bicyclic) bond motifs is 1. The van der Waals surface area contributed by atoms with Gasteiger partial charge in [0.15, 0.2) is 0 Å². The van der Waals surface area contributed by atoms with E-state index in [4.69, 9.17) is 0 Å². The van der Waals surface area contributed by atoms with E-state index in [1.165, 1.54) is 9.13 Å². The van der Waals surface area contributed by atoms with Crippen LogP contribution in [0.25, 0.3) is 11.0 Å². The second-order valence-corrected chi connectivity index (χ2v) is 6.67. The van der Waals surface area contributed by atoms with E-state index in [1.807, 2.05) is 37.3 Å². The molecule has 1 N–H and O–H groups in total. The van der Waals surface area contributed by atoms with Gasteiger partial charge in [0.1, 0.15) is 0 Å². The minimum atomic E-state index is -0.632. The average Bonchev–Trinajstić information content (AvgIpc) is 2.70. The third-order valence-corrected chi connectivity index (χ3v) is 4.58. The molecule has 2 aromatic carbocycles. The molecular weight excluding hydrogens is 354 g/mol. The SMILES string of the molecule is C=CCn1c(=O)c(=O)n(CCC(=O)NCc2cccc(C)c2)c2ccccc21. The first-order chi connectivity index (χ1) is 13.5. The fraction of sp³-hybridized carbons (Fsp3) is 0.227. The van der Waals surface area contributed by atoms with Gasteiger partial charge in [0.25, 0.3) is 0 Å². The van der Waals surface area contributed by atoms with Crippen LogP contribution in [0.3, 0.4) is 0 Å². The number of benzene rings is 2. The monoisotopic (exact) mass is 377 g/mol. The van der Waals surface area contributed by atoms with E-state index in [2.05, 4.69) is 11.9 Å². The number of nitrogens with one attached hydrogen (secondary N) is 1. The lowest BCUT2D eigenvalue weighted by molar-refractivity contribution is -0.121. The van der Waals surface area contributed by atoms with Gasteiger partial charge >= 0.3 is 11.1 Å². The molecule has 3 aromatic rings. The molecular formula is C22H23N3O3. The van der Waals surface area contributed by atoms with Crippen LogP contribution in [-0.4, -0.2) is 15.0 Å². The number of amides is 1. The van der Waals surface area contributed by atoms with E-state index in [0.29, 0.717) is 17.6 Å². The Labute approximate surface area is 162 Å². The lowest BCUT2D eigenvalue weighted by Gasteiger charge is -2.14. The molecule has 0 atom stereocenters. The Hall–Kier alpha value is -3.41. The largest absolute Gasteiger partial charge is 0.352 e. The first-order valence-electron chi connectivity index (χ1n) is 9.17. The lowest BCUT2D eigenvalue weighted by atomic mass is 10.1. The number of allylic oxidation sites excluding steroid dienone is 1. The van der Waals surface area contributed by atoms with E-state index in [-0.39, 0.29) is 25.4 Å². The normalized spacial score (nSPS) is 10.8. The molecule has 1 amide bonds. The molecule has 6 heteroatoms. The molecule has 0 saturated carbocycles. The molecule has 0 unspecified atom stereocenters. The Morgan fingerprint density at radius 2 is 1.71 bits per heavy atom. The highest BCUT2D eigenvalue weighted by atomic mass is 16.2. The summed E-state index contributed by atoms with van der Waals surface area (Å²) in [7, 11) is 0. The summed E-state index contributed by atoms with van der Waals surface area (Å²) in [5.74, 6) is -0.173. The number of nitrogens with zero attached hydrogens (tertiary/aromatic N) is 2. The van der Waals surface area contributed by atoms with Gasteiger partial charge in [0.2, 0.25) is 5.91 Å². The standard InChI is InChI=1S/C22H23N3O3/c1-3-12-24-18-9-4-5-10-19(18)25(22(28)21(24)27)13-11-20(26)23-15-17-8-6-7-16(2)14-17/h3-10,14H,1,11-13,15H2,2H3,(H,23,26). The summed E-state index contributed by atoms with van der Waals surface area (Å²) in [6.45, 7) is 6.47. The first-order valence-corrected chi connectivity index (χ1v) is 9.17. The van der Waals surface area contributed by atoms with E-state index < -0.39 is 11.1 Å². The Balaban J connectivity index is 1.79. The summed E-state index contributed by atoms with van der Waals surface area (Å²) in [5, 5.41) is 2.86. The van der Waals surface area contributed by atoms with Gasteiger partial charge in [0, 0.05) is 26.1 Å². The molecule has 1 aromatic heterocycles. The zero-order valence-corrected chi connectivity index (χ0v) is 15.9. The van der Waals surface area contributed by atoms with E-state index in [0.717, 1.165) is 11.1 Å². The molecule has 0 aliphatic carbocycles. The van der Waals surface area contributed by atoms with Gasteiger partial charge in [-0.1, -0.05) is 48.0 Å². The highest BCUT2D eigenvalue weighted by molar-refractivity contribution is 5.77. The van der Waals surface area contributed by atoms with Gasteiger partial charge in [-0.25, -0.2) is 0 Å². The van der Waals surface area contributed by atoms with Crippen LogP contribution in [-0.2, 0) is 24.4 Å². The molecule has 0 saturated heterocycles. The second-order valence-electron chi connectivity index (χ2n) is 6.67. The first kappa shape index (κ1) is 19.4. The number of aromatic nitrogens is 2. The molecule has 28 heavy (non-hydrogen) atoms. The van der Waals surface area contributed by atoms with Crippen molar-refractivity contribution >= 4 is 16.9 Å². The Kier molecular flexibility index (Phi) is 5.89. The molecule has 6 nitrogen and oxygen atoms in total. The Morgan fingerprint density at radius 3 is 2.39 bits per heavy atom. The van der Waals surface area contributed by atoms with Crippen molar-refractivity contribution in [1.29, 1.82) is 0 Å². The van der Waals surface area contributed by atoms with Crippen LogP contribution in [0.5, 0.6) is 0 Å². The van der Waals surface area contributed by atoms with Crippen LogP contribution in [0.4, 0.5) is 0 Å². The topological polar surface area (TPSA) is 73.1 Å². The average molecular weight is 377 g/mol. The van der Waals surface area contributed by atoms with Crippen molar-refractivity contribution in [3.8, 4) is 0 Å². The molecule has 144 valence electrons. The number of hydrogen-bond donors (Lipinski definition) is 1. The van der Waals surface area contributed by atoms with E-state index >= 15 is 0 Å². The van der Waals surface area contributed by atoms with Crippen LogP contribution < -0.4 is 16.4 Å². The van der Waals surface area contributed by atoms with Crippen LogP contribution in [0.15, 0.2) is 70.8 Å². The molecule has 0 aliphatic rings. The minimum Gasteiger partial charge on any atom is -0.352 e. The summed E-state index contributed by atoms with van der Waals surface area (Å²) >= 11 is 0. The molecule has 0 radical (unpaired) electrons. The summed E-state index contributed by atoms with van der Waals surface area (Å²) in [5.41, 5.74) is 2.17. The van der Waals surface area contributed by atoms with Crippen molar-refractivity contribution in [3.63, 3.8) is 0 Å². The van der Waals surface area contributed by atoms with Crippen molar-refractivity contribution in [1.82, 2.24) is 14.5 Å². The maximum absolute atomic E-state index is 12.6. The van der Waals surface area contributed by atoms with Crippen LogP contribution >= 0.6 is 0 Å². The van der Waals surface area contributed by atoms with Gasteiger partial charge in [-0.05, 0) is 24.6 Å². The maximum Gasteiger partial charge on any atom is 0.317 e. The van der Waals surface area contributed by atoms with Crippen molar-refractivity contribution < 1.29 is 4.79 Å². The molecule has 3 rings (SSSR count). The van der Waals surface area contributed by atoms with Crippen LogP contribution in [0, 0.1) is 6.92 Å². The molecule has 0 aliphatic heterocycles. The molecule has 0 spiro atoms. The molecule has 1 heterocycles. The quantitative estimate of drug-likeness (QED) is 0.507. The minimum absolute atomic E-state index is 0.112. The fourth-order valence-electron chi connectivity index (χ4n) is 3.23. The van der Waals surface area contributed by atoms with Gasteiger partial charge < -0.3 is 9.88 Å². The van der Waals surface area contributed by atoms with Gasteiger partial charge in [-0.15, -0.1) is 6.58 Å². The number of carbonyl (C=O) groups is 1. The second kappa shape index (κ2) is 8.52. The van der Waals surface area contributed by atoms with Crippen LogP contribution in [0.1, 0.15) is 17.5 Å². The molecule has 0 fully saturated rings. The Bertz CT molecular complexity index is 1140. The predicted molar refractivity (Wildman–Crippen MR) is 110 cm³/mol. The highest BCUT2D eigenvalue weighted by Crippen LogP contribution is 2.11. The predicted octanol–water partition coefficient (Wildman–Crippen LogP) is 2.36. The number of aryl methyl sites for hydroxylation is 2. The summed E-state index contributed by atoms with van der Waals surface area (Å²) in [6, 6.07) is 15.1. The van der Waals surface area contributed by atoms with Crippen molar-refractivity contribution in [3.05, 3.63) is 93.0 Å². The molecule has 0 bridgehead atoms. The summed E-state index contributed by atoms with van der Waals surface area (Å²) < 4.78 is 2.78. The van der Waals surface area contributed by atoms with Gasteiger partial charge in [-0.3, -0.25) is 19.0 Å². The lowest BCUT2D eigenvalue weighted by Crippen LogP contribution is -2.42. The number of rotatable bonds is 7. The van der Waals surface area contributed by atoms with E-state index in [9.17, 15) is 14.4 Å². The maximum atomic E-state index is 12.6. The zero-order valence-electron chi connectivity index (χ0n) is 15.9. The summed E-state index contributed by atoms with van der Waals surface area (Å²) in [4.78, 5) is 37.3. The fourth-order valence-corrected chi connectivity index (χ4v) is 3.23. The zero-order chi connectivity index (χ0) is 20.1. The van der Waals surface area contributed by atoms with Crippen molar-refractivity contribution in [2.45, 2.75) is 33.0 Å².